The molecular weight excluding hydrogens is 204 g/mol. The Hall–Kier alpha value is -1.52. The lowest BCUT2D eigenvalue weighted by Gasteiger charge is -2.24. The summed E-state index contributed by atoms with van der Waals surface area (Å²) < 4.78 is 5.21. The van der Waals surface area contributed by atoms with E-state index in [4.69, 9.17) is 10.5 Å². The van der Waals surface area contributed by atoms with Gasteiger partial charge < -0.3 is 15.8 Å². The van der Waals surface area contributed by atoms with E-state index >= 15 is 0 Å². The van der Waals surface area contributed by atoms with Crippen LogP contribution >= 0.6 is 0 Å². The standard InChI is InChI=1S/C11H18N4O/c1-16-9-10(12)13-7-14-11(9)15-8-5-3-2-4-6-8/h7-8H,2-6H2,1H3,(H3,12,13,14,15). The number of hydrogen-bond donors (Lipinski definition) is 2. The van der Waals surface area contributed by atoms with Gasteiger partial charge in [-0.2, -0.15) is 0 Å². The van der Waals surface area contributed by atoms with Crippen molar-refractivity contribution in [2.75, 3.05) is 18.2 Å². The Balaban J connectivity index is 2.10. The summed E-state index contributed by atoms with van der Waals surface area (Å²) in [4.78, 5) is 8.08. The Morgan fingerprint density at radius 3 is 2.75 bits per heavy atom. The summed E-state index contributed by atoms with van der Waals surface area (Å²) in [5, 5.41) is 3.39. The molecule has 0 unspecified atom stereocenters. The second kappa shape index (κ2) is 5.01. The van der Waals surface area contributed by atoms with E-state index in [-0.39, 0.29) is 0 Å². The Labute approximate surface area is 95.4 Å². The molecule has 5 nitrogen and oxygen atoms in total. The molecule has 1 aromatic rings. The van der Waals surface area contributed by atoms with Crippen LogP contribution < -0.4 is 15.8 Å². The molecule has 88 valence electrons. The predicted octanol–water partition coefficient (Wildman–Crippen LogP) is 1.81. The molecule has 0 aliphatic heterocycles. The second-order valence-electron chi connectivity index (χ2n) is 4.12. The fourth-order valence-electron chi connectivity index (χ4n) is 2.13. The van der Waals surface area contributed by atoms with Gasteiger partial charge in [-0.05, 0) is 12.8 Å². The normalized spacial score (nSPS) is 17.1. The zero-order chi connectivity index (χ0) is 11.4. The number of nitrogens with two attached hydrogens (primary N) is 1. The maximum Gasteiger partial charge on any atom is 0.203 e. The predicted molar refractivity (Wildman–Crippen MR) is 63.5 cm³/mol. The largest absolute Gasteiger partial charge is 0.490 e. The van der Waals surface area contributed by atoms with Gasteiger partial charge in [0.2, 0.25) is 5.75 Å². The van der Waals surface area contributed by atoms with Crippen molar-refractivity contribution in [2.24, 2.45) is 0 Å². The van der Waals surface area contributed by atoms with E-state index in [0.717, 1.165) is 0 Å². The Bertz CT molecular complexity index is 350. The van der Waals surface area contributed by atoms with Gasteiger partial charge >= 0.3 is 0 Å². The van der Waals surface area contributed by atoms with Crippen LogP contribution in [0.3, 0.4) is 0 Å². The van der Waals surface area contributed by atoms with Crippen LogP contribution in [0.5, 0.6) is 5.75 Å². The van der Waals surface area contributed by atoms with Gasteiger partial charge in [0.25, 0.3) is 0 Å². The summed E-state index contributed by atoms with van der Waals surface area (Å²) in [6.07, 6.45) is 7.73. The minimum Gasteiger partial charge on any atom is -0.490 e. The minimum atomic E-state index is 0.385. The first-order chi connectivity index (χ1) is 7.81. The van der Waals surface area contributed by atoms with Crippen LogP contribution in [0.1, 0.15) is 32.1 Å². The van der Waals surface area contributed by atoms with E-state index in [2.05, 4.69) is 15.3 Å². The molecular formula is C11H18N4O. The van der Waals surface area contributed by atoms with Crippen LogP contribution in [-0.4, -0.2) is 23.1 Å². The van der Waals surface area contributed by atoms with Crippen molar-refractivity contribution in [3.8, 4) is 5.75 Å². The fraction of sp³-hybridized carbons (Fsp3) is 0.636. The van der Waals surface area contributed by atoms with Gasteiger partial charge in [0.15, 0.2) is 11.6 Å². The SMILES string of the molecule is COc1c(N)ncnc1NC1CCCCC1. The van der Waals surface area contributed by atoms with E-state index in [1.165, 1.54) is 38.4 Å². The van der Waals surface area contributed by atoms with Crippen molar-refractivity contribution in [1.29, 1.82) is 0 Å². The van der Waals surface area contributed by atoms with Crippen LogP contribution in [-0.2, 0) is 0 Å². The second-order valence-corrected chi connectivity index (χ2v) is 4.12. The van der Waals surface area contributed by atoms with Crippen molar-refractivity contribution >= 4 is 11.6 Å². The highest BCUT2D eigenvalue weighted by Gasteiger charge is 2.17. The zero-order valence-electron chi connectivity index (χ0n) is 9.57. The van der Waals surface area contributed by atoms with Crippen LogP contribution in [0.2, 0.25) is 0 Å². The summed E-state index contributed by atoms with van der Waals surface area (Å²) in [5.41, 5.74) is 5.72. The van der Waals surface area contributed by atoms with E-state index in [1.807, 2.05) is 0 Å². The molecule has 1 aliphatic rings. The first kappa shape index (κ1) is 11.0. The van der Waals surface area contributed by atoms with Crippen molar-refractivity contribution in [2.45, 2.75) is 38.1 Å². The number of nitrogens with one attached hydrogen (secondary N) is 1. The molecule has 1 heterocycles. The first-order valence-corrected chi connectivity index (χ1v) is 5.72. The smallest absolute Gasteiger partial charge is 0.203 e. The van der Waals surface area contributed by atoms with Gasteiger partial charge in [-0.1, -0.05) is 19.3 Å². The summed E-state index contributed by atoms with van der Waals surface area (Å²) >= 11 is 0. The number of ether oxygens (including phenoxy) is 1. The lowest BCUT2D eigenvalue weighted by molar-refractivity contribution is 0.411. The highest BCUT2D eigenvalue weighted by Crippen LogP contribution is 2.29. The van der Waals surface area contributed by atoms with Gasteiger partial charge in [0, 0.05) is 6.04 Å². The Kier molecular flexibility index (Phi) is 3.44. The molecule has 0 radical (unpaired) electrons. The number of nitrogens with zero attached hydrogens (tertiary/aromatic N) is 2. The van der Waals surface area contributed by atoms with E-state index in [0.29, 0.717) is 23.4 Å². The molecule has 1 saturated carbocycles. The Morgan fingerprint density at radius 1 is 1.31 bits per heavy atom. The number of nitrogen functional groups attached to an aromatic ring is 1. The van der Waals surface area contributed by atoms with Crippen LogP contribution in [0.15, 0.2) is 6.33 Å². The molecule has 2 rings (SSSR count). The quantitative estimate of drug-likeness (QED) is 0.816. The monoisotopic (exact) mass is 222 g/mol. The average Bonchev–Trinajstić information content (AvgIpc) is 2.31. The van der Waals surface area contributed by atoms with Crippen LogP contribution in [0, 0.1) is 0 Å². The maximum atomic E-state index is 5.72. The molecule has 0 atom stereocenters. The average molecular weight is 222 g/mol. The highest BCUT2D eigenvalue weighted by atomic mass is 16.5. The summed E-state index contributed by atoms with van der Waals surface area (Å²) in [7, 11) is 1.58. The molecule has 0 bridgehead atoms. The fourth-order valence-corrected chi connectivity index (χ4v) is 2.13. The van der Waals surface area contributed by atoms with Gasteiger partial charge in [-0.25, -0.2) is 9.97 Å². The summed E-state index contributed by atoms with van der Waals surface area (Å²) in [6.45, 7) is 0. The summed E-state index contributed by atoms with van der Waals surface area (Å²) in [5.74, 6) is 1.64. The molecule has 1 aromatic heterocycles. The molecule has 0 saturated heterocycles. The number of hydrogen-bond acceptors (Lipinski definition) is 5. The third-order valence-electron chi connectivity index (χ3n) is 2.98. The zero-order valence-corrected chi connectivity index (χ0v) is 9.57. The molecule has 16 heavy (non-hydrogen) atoms. The van der Waals surface area contributed by atoms with Gasteiger partial charge in [0.1, 0.15) is 6.33 Å². The highest BCUT2D eigenvalue weighted by molar-refractivity contribution is 5.61. The molecule has 0 amide bonds. The third-order valence-corrected chi connectivity index (χ3v) is 2.98. The molecule has 0 aromatic carbocycles. The number of anilines is 2. The van der Waals surface area contributed by atoms with Gasteiger partial charge in [0.05, 0.1) is 7.11 Å². The molecule has 3 N–H and O–H groups in total. The summed E-state index contributed by atoms with van der Waals surface area (Å²) in [6, 6.07) is 0.483. The Morgan fingerprint density at radius 2 is 2.06 bits per heavy atom. The van der Waals surface area contributed by atoms with Crippen molar-refractivity contribution < 1.29 is 4.74 Å². The minimum absolute atomic E-state index is 0.385. The third kappa shape index (κ3) is 2.35. The van der Waals surface area contributed by atoms with E-state index in [9.17, 15) is 0 Å². The van der Waals surface area contributed by atoms with Crippen molar-refractivity contribution in [1.82, 2.24) is 9.97 Å². The number of methoxy groups -OCH3 is 1. The van der Waals surface area contributed by atoms with Crippen molar-refractivity contribution in [3.05, 3.63) is 6.33 Å². The molecule has 0 spiro atoms. The van der Waals surface area contributed by atoms with E-state index < -0.39 is 0 Å². The van der Waals surface area contributed by atoms with Crippen LogP contribution in [0.25, 0.3) is 0 Å². The first-order valence-electron chi connectivity index (χ1n) is 5.72. The topological polar surface area (TPSA) is 73.1 Å². The lowest BCUT2D eigenvalue weighted by Crippen LogP contribution is -2.23. The molecule has 1 aliphatic carbocycles. The number of rotatable bonds is 3. The van der Waals surface area contributed by atoms with Crippen molar-refractivity contribution in [3.63, 3.8) is 0 Å². The molecule has 1 fully saturated rings. The molecule has 5 heteroatoms. The van der Waals surface area contributed by atoms with Crippen LogP contribution in [0.4, 0.5) is 11.6 Å². The van der Waals surface area contributed by atoms with E-state index in [1.54, 1.807) is 7.11 Å². The number of aromatic nitrogens is 2. The lowest BCUT2D eigenvalue weighted by atomic mass is 9.95. The maximum absolute atomic E-state index is 5.72. The van der Waals surface area contributed by atoms with Gasteiger partial charge in [-0.3, -0.25) is 0 Å². The van der Waals surface area contributed by atoms with Gasteiger partial charge in [-0.15, -0.1) is 0 Å².